The number of halogens is 2. The van der Waals surface area contributed by atoms with Crippen LogP contribution in [-0.4, -0.2) is 26.3 Å². The first kappa shape index (κ1) is 22.3. The molecule has 0 saturated heterocycles. The van der Waals surface area contributed by atoms with Crippen molar-refractivity contribution in [3.8, 4) is 6.07 Å². The summed E-state index contributed by atoms with van der Waals surface area (Å²) >= 11 is 6.12. The van der Waals surface area contributed by atoms with Crippen LogP contribution in [0.4, 0.5) is 10.1 Å². The van der Waals surface area contributed by atoms with Crippen molar-refractivity contribution in [3.05, 3.63) is 94.3 Å². The number of nitrogens with zero attached hydrogens (tertiary/aromatic N) is 2. The lowest BCUT2D eigenvalue weighted by Gasteiger charge is -2.18. The number of anilines is 1. The molecule has 0 heterocycles. The molecule has 0 spiro atoms. The van der Waals surface area contributed by atoms with E-state index in [1.54, 1.807) is 31.3 Å². The summed E-state index contributed by atoms with van der Waals surface area (Å²) in [5, 5.41) is 8.98. The topological polar surface area (TPSA) is 90.3 Å². The zero-order chi connectivity index (χ0) is 22.6. The van der Waals surface area contributed by atoms with Crippen LogP contribution in [-0.2, 0) is 16.6 Å². The highest BCUT2D eigenvalue weighted by molar-refractivity contribution is 7.92. The van der Waals surface area contributed by atoms with Crippen molar-refractivity contribution in [1.29, 1.82) is 5.26 Å². The third-order valence-electron chi connectivity index (χ3n) is 4.43. The quantitative estimate of drug-likeness (QED) is 0.593. The number of nitriles is 1. The smallest absolute Gasteiger partial charge is 0.261 e. The molecule has 0 aromatic heterocycles. The number of rotatable bonds is 6. The minimum atomic E-state index is -4.02. The van der Waals surface area contributed by atoms with E-state index < -0.39 is 15.8 Å². The van der Waals surface area contributed by atoms with Crippen molar-refractivity contribution >= 4 is 33.2 Å². The van der Waals surface area contributed by atoms with Crippen LogP contribution in [0.15, 0.2) is 71.6 Å². The highest BCUT2D eigenvalue weighted by Gasteiger charge is 2.19. The van der Waals surface area contributed by atoms with Crippen molar-refractivity contribution in [3.63, 3.8) is 0 Å². The Hall–Kier alpha value is -3.41. The number of hydrogen-bond acceptors (Lipinski definition) is 4. The molecule has 0 unspecified atom stereocenters. The number of benzene rings is 3. The number of carbonyl (C=O) groups excluding carboxylic acids is 1. The normalized spacial score (nSPS) is 10.9. The number of carbonyl (C=O) groups is 1. The highest BCUT2D eigenvalue weighted by atomic mass is 35.5. The van der Waals surface area contributed by atoms with E-state index in [0.717, 1.165) is 29.8 Å². The van der Waals surface area contributed by atoms with E-state index in [0.29, 0.717) is 12.1 Å². The van der Waals surface area contributed by atoms with Gasteiger partial charge in [-0.1, -0.05) is 23.7 Å². The maximum Gasteiger partial charge on any atom is 0.261 e. The summed E-state index contributed by atoms with van der Waals surface area (Å²) in [4.78, 5) is 14.1. The van der Waals surface area contributed by atoms with Gasteiger partial charge >= 0.3 is 0 Å². The molecule has 0 bridgehead atoms. The van der Waals surface area contributed by atoms with Crippen LogP contribution < -0.4 is 4.72 Å². The van der Waals surface area contributed by atoms with Crippen LogP contribution in [0, 0.1) is 17.1 Å². The second-order valence-electron chi connectivity index (χ2n) is 6.72. The lowest BCUT2D eigenvalue weighted by atomic mass is 10.1. The van der Waals surface area contributed by atoms with Crippen molar-refractivity contribution in [2.24, 2.45) is 0 Å². The summed E-state index contributed by atoms with van der Waals surface area (Å²) in [6.07, 6.45) is 0. The summed E-state index contributed by atoms with van der Waals surface area (Å²) in [5.74, 6) is -0.905. The molecule has 3 aromatic carbocycles. The molecule has 3 aromatic rings. The standard InChI is InChI=1S/C22H17ClFN3O3S/c1-27(14-16-4-2-15(13-25)3-5-16)22(28)17-6-11-20(23)21(12-17)26-31(29,30)19-9-7-18(24)8-10-19/h2-12,26H,14H2,1H3. The molecule has 31 heavy (non-hydrogen) atoms. The molecule has 158 valence electrons. The van der Waals surface area contributed by atoms with Crippen LogP contribution in [0.3, 0.4) is 0 Å². The third-order valence-corrected chi connectivity index (χ3v) is 6.14. The Labute approximate surface area is 184 Å². The number of hydrogen-bond donors (Lipinski definition) is 1. The Bertz CT molecular complexity index is 1250. The Balaban J connectivity index is 1.80. The predicted octanol–water partition coefficient (Wildman–Crippen LogP) is 4.42. The summed E-state index contributed by atoms with van der Waals surface area (Å²) in [6, 6.07) is 17.5. The molecule has 0 aliphatic rings. The number of nitrogens with one attached hydrogen (secondary N) is 1. The molecule has 1 N–H and O–H groups in total. The molecule has 0 atom stereocenters. The fraction of sp³-hybridized carbons (Fsp3) is 0.0909. The van der Waals surface area contributed by atoms with E-state index in [2.05, 4.69) is 4.72 Å². The van der Waals surface area contributed by atoms with Gasteiger partial charge < -0.3 is 4.90 Å². The Morgan fingerprint density at radius 2 is 1.74 bits per heavy atom. The van der Waals surface area contributed by atoms with E-state index >= 15 is 0 Å². The van der Waals surface area contributed by atoms with E-state index in [-0.39, 0.29) is 27.1 Å². The van der Waals surface area contributed by atoms with E-state index in [9.17, 15) is 17.6 Å². The van der Waals surface area contributed by atoms with Gasteiger partial charge in [0, 0.05) is 19.2 Å². The summed E-state index contributed by atoms with van der Waals surface area (Å²) in [7, 11) is -2.41. The van der Waals surface area contributed by atoms with Crippen LogP contribution in [0.1, 0.15) is 21.5 Å². The van der Waals surface area contributed by atoms with Crippen LogP contribution >= 0.6 is 11.6 Å². The van der Waals surface area contributed by atoms with Crippen LogP contribution in [0.25, 0.3) is 0 Å². The zero-order valence-electron chi connectivity index (χ0n) is 16.3. The van der Waals surface area contributed by atoms with E-state index in [1.165, 1.54) is 23.1 Å². The van der Waals surface area contributed by atoms with Gasteiger partial charge in [0.25, 0.3) is 15.9 Å². The van der Waals surface area contributed by atoms with E-state index in [1.807, 2.05) is 6.07 Å². The second kappa shape index (κ2) is 9.16. The van der Waals surface area contributed by atoms with Crippen molar-refractivity contribution in [2.45, 2.75) is 11.4 Å². The number of amides is 1. The van der Waals surface area contributed by atoms with Gasteiger partial charge in [-0.05, 0) is 60.2 Å². The molecule has 0 aliphatic heterocycles. The molecule has 0 aliphatic carbocycles. The Kier molecular flexibility index (Phi) is 6.59. The average molecular weight is 458 g/mol. The molecular weight excluding hydrogens is 441 g/mol. The first-order valence-electron chi connectivity index (χ1n) is 9.02. The summed E-state index contributed by atoms with van der Waals surface area (Å²) in [6.45, 7) is 0.295. The van der Waals surface area contributed by atoms with Gasteiger partial charge in [-0.3, -0.25) is 9.52 Å². The van der Waals surface area contributed by atoms with Crippen LogP contribution in [0.5, 0.6) is 0 Å². The first-order chi connectivity index (χ1) is 14.7. The maximum absolute atomic E-state index is 13.1. The van der Waals surface area contributed by atoms with E-state index in [4.69, 9.17) is 16.9 Å². The summed E-state index contributed by atoms with van der Waals surface area (Å²) < 4.78 is 40.5. The lowest BCUT2D eigenvalue weighted by molar-refractivity contribution is 0.0785. The maximum atomic E-state index is 13.1. The molecule has 6 nitrogen and oxygen atoms in total. The molecule has 3 rings (SSSR count). The van der Waals surface area contributed by atoms with Crippen LogP contribution in [0.2, 0.25) is 5.02 Å². The van der Waals surface area contributed by atoms with Crippen molar-refractivity contribution in [1.82, 2.24) is 4.90 Å². The fourth-order valence-electron chi connectivity index (χ4n) is 2.80. The average Bonchev–Trinajstić information content (AvgIpc) is 2.75. The molecular formula is C22H17ClFN3O3S. The van der Waals surface area contributed by atoms with Gasteiger partial charge in [-0.2, -0.15) is 5.26 Å². The molecule has 0 saturated carbocycles. The zero-order valence-corrected chi connectivity index (χ0v) is 17.9. The van der Waals surface area contributed by atoms with Gasteiger partial charge in [0.2, 0.25) is 0 Å². The fourth-order valence-corrected chi connectivity index (χ4v) is 4.10. The Morgan fingerprint density at radius 3 is 2.35 bits per heavy atom. The highest BCUT2D eigenvalue weighted by Crippen LogP contribution is 2.27. The number of sulfonamides is 1. The predicted molar refractivity (Wildman–Crippen MR) is 116 cm³/mol. The molecule has 1 amide bonds. The van der Waals surface area contributed by atoms with Crippen molar-refractivity contribution in [2.75, 3.05) is 11.8 Å². The van der Waals surface area contributed by atoms with Gasteiger partial charge in [0.15, 0.2) is 0 Å². The van der Waals surface area contributed by atoms with Gasteiger partial charge in [-0.15, -0.1) is 0 Å². The molecule has 9 heteroatoms. The van der Waals surface area contributed by atoms with Gasteiger partial charge in [0.05, 0.1) is 27.2 Å². The summed E-state index contributed by atoms with van der Waals surface area (Å²) in [5.41, 5.74) is 1.62. The molecule has 0 fully saturated rings. The van der Waals surface area contributed by atoms with Gasteiger partial charge in [0.1, 0.15) is 5.82 Å². The SMILES string of the molecule is CN(Cc1ccc(C#N)cc1)C(=O)c1ccc(Cl)c(NS(=O)(=O)c2ccc(F)cc2)c1. The Morgan fingerprint density at radius 1 is 1.10 bits per heavy atom. The minimum absolute atomic E-state index is 0.0311. The third kappa shape index (κ3) is 5.40. The largest absolute Gasteiger partial charge is 0.337 e. The van der Waals surface area contributed by atoms with Crippen molar-refractivity contribution < 1.29 is 17.6 Å². The van der Waals surface area contributed by atoms with Gasteiger partial charge in [-0.25, -0.2) is 12.8 Å². The molecule has 0 radical (unpaired) electrons. The monoisotopic (exact) mass is 457 g/mol. The minimum Gasteiger partial charge on any atom is -0.337 e. The lowest BCUT2D eigenvalue weighted by Crippen LogP contribution is -2.26. The first-order valence-corrected chi connectivity index (χ1v) is 10.9. The second-order valence-corrected chi connectivity index (χ2v) is 8.81.